The Hall–Kier alpha value is -0.0400. The van der Waals surface area contributed by atoms with Crippen LogP contribution in [0.2, 0.25) is 5.02 Å². The highest BCUT2D eigenvalue weighted by Gasteiger charge is 2.37. The van der Waals surface area contributed by atoms with Crippen LogP contribution < -0.4 is 0 Å². The van der Waals surface area contributed by atoms with Crippen molar-refractivity contribution in [2.75, 3.05) is 0 Å². The first-order valence-corrected chi connectivity index (χ1v) is 4.50. The Bertz CT molecular complexity index is 334. The van der Waals surface area contributed by atoms with Gasteiger partial charge in [0.15, 0.2) is 0 Å². The van der Waals surface area contributed by atoms with E-state index in [9.17, 15) is 17.6 Å². The zero-order chi connectivity index (χ0) is 10.2. The van der Waals surface area contributed by atoms with Gasteiger partial charge in [0.25, 0.3) is 0 Å². The molecule has 0 N–H and O–H groups in total. The van der Waals surface area contributed by atoms with Crippen LogP contribution in [0.25, 0.3) is 0 Å². The van der Waals surface area contributed by atoms with Crippen LogP contribution >= 0.6 is 34.2 Å². The Kier molecular flexibility index (Phi) is 3.06. The predicted molar refractivity (Wildman–Crippen MR) is 49.1 cm³/mol. The van der Waals surface area contributed by atoms with Crippen molar-refractivity contribution in [3.63, 3.8) is 0 Å². The summed E-state index contributed by atoms with van der Waals surface area (Å²) in [7, 11) is 0. The largest absolute Gasteiger partial charge is 0.420 e. The lowest BCUT2D eigenvalue weighted by Gasteiger charge is -2.10. The van der Waals surface area contributed by atoms with Crippen LogP contribution in [0.4, 0.5) is 17.6 Å². The van der Waals surface area contributed by atoms with Gasteiger partial charge >= 0.3 is 6.18 Å². The van der Waals surface area contributed by atoms with Crippen molar-refractivity contribution < 1.29 is 17.6 Å². The fourth-order valence-corrected chi connectivity index (χ4v) is 1.50. The number of hydrogen-bond acceptors (Lipinski definition) is 0. The van der Waals surface area contributed by atoms with Gasteiger partial charge < -0.3 is 0 Å². The van der Waals surface area contributed by atoms with Crippen LogP contribution in [0.1, 0.15) is 5.56 Å². The van der Waals surface area contributed by atoms with E-state index in [1.165, 1.54) is 6.07 Å². The predicted octanol–water partition coefficient (Wildman–Crippen LogP) is 4.10. The van der Waals surface area contributed by atoms with Crippen molar-refractivity contribution >= 4 is 34.2 Å². The molecular formula is C7H2ClF4I. The molecule has 0 fully saturated rings. The second-order valence-electron chi connectivity index (χ2n) is 2.22. The first-order chi connectivity index (χ1) is 5.84. The van der Waals surface area contributed by atoms with Crippen LogP contribution in [-0.2, 0) is 6.18 Å². The van der Waals surface area contributed by atoms with Crippen molar-refractivity contribution in [2.24, 2.45) is 0 Å². The van der Waals surface area contributed by atoms with E-state index >= 15 is 0 Å². The zero-order valence-corrected chi connectivity index (χ0v) is 8.84. The standard InChI is InChI=1S/C7H2ClF4I/c8-6-4(13)2-1-3(9)5(6)7(10,11)12/h1-2H. The Balaban J connectivity index is 3.43. The van der Waals surface area contributed by atoms with E-state index < -0.39 is 22.6 Å². The fourth-order valence-electron chi connectivity index (χ4n) is 0.787. The quantitative estimate of drug-likeness (QED) is 0.383. The summed E-state index contributed by atoms with van der Waals surface area (Å²) in [6, 6.07) is 1.93. The van der Waals surface area contributed by atoms with Crippen molar-refractivity contribution in [3.05, 3.63) is 32.1 Å². The molecule has 1 aromatic carbocycles. The molecule has 6 heteroatoms. The van der Waals surface area contributed by atoms with Gasteiger partial charge in [-0.3, -0.25) is 0 Å². The summed E-state index contributed by atoms with van der Waals surface area (Å²) in [5, 5.41) is -0.590. The minimum atomic E-state index is -4.75. The third-order valence-corrected chi connectivity index (χ3v) is 2.94. The molecule has 0 aliphatic carbocycles. The smallest absolute Gasteiger partial charge is 0.206 e. The average molecular weight is 324 g/mol. The van der Waals surface area contributed by atoms with Crippen molar-refractivity contribution in [1.29, 1.82) is 0 Å². The lowest BCUT2D eigenvalue weighted by Crippen LogP contribution is -2.09. The second kappa shape index (κ2) is 3.61. The number of halogens is 6. The molecule has 0 amide bonds. The van der Waals surface area contributed by atoms with E-state index in [1.54, 1.807) is 22.6 Å². The number of benzene rings is 1. The molecule has 0 saturated heterocycles. The van der Waals surface area contributed by atoms with Crippen LogP contribution in [0, 0.1) is 9.39 Å². The van der Waals surface area contributed by atoms with E-state index in [4.69, 9.17) is 11.6 Å². The van der Waals surface area contributed by atoms with Crippen molar-refractivity contribution in [1.82, 2.24) is 0 Å². The van der Waals surface area contributed by atoms with E-state index in [0.717, 1.165) is 6.07 Å². The Morgan fingerprint density at radius 3 is 2.15 bits per heavy atom. The van der Waals surface area contributed by atoms with Crippen LogP contribution in [0.3, 0.4) is 0 Å². The van der Waals surface area contributed by atoms with E-state index in [-0.39, 0.29) is 3.57 Å². The van der Waals surface area contributed by atoms with Gasteiger partial charge in [0.2, 0.25) is 0 Å². The number of rotatable bonds is 0. The van der Waals surface area contributed by atoms with Gasteiger partial charge in [-0.2, -0.15) is 13.2 Å². The molecule has 0 bridgehead atoms. The summed E-state index contributed by atoms with van der Waals surface area (Å²) in [6.07, 6.45) is -4.75. The van der Waals surface area contributed by atoms with Gasteiger partial charge in [0.1, 0.15) is 11.4 Å². The molecule has 0 saturated carbocycles. The monoisotopic (exact) mass is 324 g/mol. The normalized spacial score (nSPS) is 11.8. The second-order valence-corrected chi connectivity index (χ2v) is 3.76. The van der Waals surface area contributed by atoms with Gasteiger partial charge in [-0.1, -0.05) is 11.6 Å². The fraction of sp³-hybridized carbons (Fsp3) is 0.143. The highest BCUT2D eigenvalue weighted by molar-refractivity contribution is 14.1. The van der Waals surface area contributed by atoms with Gasteiger partial charge in [-0.15, -0.1) is 0 Å². The van der Waals surface area contributed by atoms with E-state index in [1.807, 2.05) is 0 Å². The highest BCUT2D eigenvalue weighted by Crippen LogP contribution is 2.38. The third-order valence-electron chi connectivity index (χ3n) is 1.33. The average Bonchev–Trinajstić information content (AvgIpc) is 1.95. The van der Waals surface area contributed by atoms with Gasteiger partial charge in [0, 0.05) is 3.57 Å². The molecule has 1 rings (SSSR count). The summed E-state index contributed by atoms with van der Waals surface area (Å²) < 4.78 is 49.4. The number of hydrogen-bond donors (Lipinski definition) is 0. The summed E-state index contributed by atoms with van der Waals surface area (Å²) in [5.41, 5.74) is -1.40. The first-order valence-electron chi connectivity index (χ1n) is 3.04. The first kappa shape index (κ1) is 11.0. The Morgan fingerprint density at radius 2 is 1.77 bits per heavy atom. The molecule has 0 aliphatic rings. The molecule has 0 nitrogen and oxygen atoms in total. The molecule has 0 aromatic heterocycles. The summed E-state index contributed by atoms with van der Waals surface area (Å²) >= 11 is 6.92. The summed E-state index contributed by atoms with van der Waals surface area (Å²) in [5.74, 6) is -1.35. The summed E-state index contributed by atoms with van der Waals surface area (Å²) in [6.45, 7) is 0. The minimum absolute atomic E-state index is 0.174. The molecule has 0 atom stereocenters. The van der Waals surface area contributed by atoms with Crippen molar-refractivity contribution in [3.8, 4) is 0 Å². The molecule has 0 unspecified atom stereocenters. The van der Waals surface area contributed by atoms with Crippen LogP contribution in [0.5, 0.6) is 0 Å². The SMILES string of the molecule is Fc1ccc(I)c(Cl)c1C(F)(F)F. The number of alkyl halides is 3. The molecule has 0 spiro atoms. The molecule has 0 radical (unpaired) electrons. The molecule has 72 valence electrons. The topological polar surface area (TPSA) is 0 Å². The maximum Gasteiger partial charge on any atom is 0.420 e. The lowest BCUT2D eigenvalue weighted by molar-refractivity contribution is -0.139. The minimum Gasteiger partial charge on any atom is -0.206 e. The maximum absolute atomic E-state index is 12.7. The Morgan fingerprint density at radius 1 is 1.23 bits per heavy atom. The maximum atomic E-state index is 12.7. The molecule has 13 heavy (non-hydrogen) atoms. The van der Waals surface area contributed by atoms with Crippen molar-refractivity contribution in [2.45, 2.75) is 6.18 Å². The molecule has 0 heterocycles. The van der Waals surface area contributed by atoms with Gasteiger partial charge in [0.05, 0.1) is 5.02 Å². The molecule has 0 aliphatic heterocycles. The zero-order valence-electron chi connectivity index (χ0n) is 5.92. The molecule has 1 aromatic rings. The Labute approximate surface area is 90.0 Å². The van der Waals surface area contributed by atoms with Crippen LogP contribution in [-0.4, -0.2) is 0 Å². The van der Waals surface area contributed by atoms with Gasteiger partial charge in [-0.05, 0) is 34.7 Å². The van der Waals surface area contributed by atoms with Gasteiger partial charge in [-0.25, -0.2) is 4.39 Å². The highest BCUT2D eigenvalue weighted by atomic mass is 127. The third kappa shape index (κ3) is 2.25. The van der Waals surface area contributed by atoms with E-state index in [2.05, 4.69) is 0 Å². The van der Waals surface area contributed by atoms with E-state index in [0.29, 0.717) is 0 Å². The lowest BCUT2D eigenvalue weighted by atomic mass is 10.2. The van der Waals surface area contributed by atoms with Crippen LogP contribution in [0.15, 0.2) is 12.1 Å². The summed E-state index contributed by atoms with van der Waals surface area (Å²) in [4.78, 5) is 0. The molecular weight excluding hydrogens is 322 g/mol.